The second-order valence-electron chi connectivity index (χ2n) is 8.22. The molecule has 1 heterocycles. The SMILES string of the molecule is Cc1ccc(C)c(OC(=O)c2cccc(N3C(=O)[C@@H]4[C@@H](C3=O)[C@H]3C=C[C@H]4C3)c2)c1. The largest absolute Gasteiger partial charge is 0.423 e. The van der Waals surface area contributed by atoms with Gasteiger partial charge in [-0.1, -0.05) is 30.4 Å². The summed E-state index contributed by atoms with van der Waals surface area (Å²) in [6.45, 7) is 3.81. The number of anilines is 1. The van der Waals surface area contributed by atoms with E-state index in [0.29, 0.717) is 17.0 Å². The van der Waals surface area contributed by atoms with Crippen LogP contribution < -0.4 is 9.64 Å². The van der Waals surface area contributed by atoms with Crippen LogP contribution in [0.5, 0.6) is 5.75 Å². The fourth-order valence-electron chi connectivity index (χ4n) is 4.90. The molecule has 2 fully saturated rings. The molecule has 0 radical (unpaired) electrons. The predicted octanol–water partition coefficient (Wildman–Crippen LogP) is 3.83. The minimum Gasteiger partial charge on any atom is -0.423 e. The monoisotopic (exact) mass is 387 g/mol. The Morgan fingerprint density at radius 1 is 0.966 bits per heavy atom. The van der Waals surface area contributed by atoms with Crippen molar-refractivity contribution >= 4 is 23.5 Å². The minimum atomic E-state index is -0.512. The molecule has 1 saturated carbocycles. The molecule has 4 atom stereocenters. The zero-order valence-electron chi connectivity index (χ0n) is 16.3. The molecule has 0 aromatic heterocycles. The summed E-state index contributed by atoms with van der Waals surface area (Å²) in [5, 5.41) is 0. The van der Waals surface area contributed by atoms with Crippen LogP contribution in [0.1, 0.15) is 27.9 Å². The molecule has 2 aliphatic carbocycles. The molecule has 2 amide bonds. The van der Waals surface area contributed by atoms with Crippen LogP contribution in [0.15, 0.2) is 54.6 Å². The van der Waals surface area contributed by atoms with Crippen LogP contribution in [0.25, 0.3) is 0 Å². The Balaban J connectivity index is 1.42. The quantitative estimate of drug-likeness (QED) is 0.347. The molecule has 2 aromatic carbocycles. The predicted molar refractivity (Wildman–Crippen MR) is 108 cm³/mol. The highest BCUT2D eigenvalue weighted by Crippen LogP contribution is 2.53. The number of carbonyl (C=O) groups is 3. The molecule has 0 spiro atoms. The van der Waals surface area contributed by atoms with Crippen molar-refractivity contribution < 1.29 is 19.1 Å². The second-order valence-corrected chi connectivity index (χ2v) is 8.22. The molecule has 29 heavy (non-hydrogen) atoms. The van der Waals surface area contributed by atoms with Crippen LogP contribution in [-0.4, -0.2) is 17.8 Å². The van der Waals surface area contributed by atoms with Gasteiger partial charge in [0.05, 0.1) is 23.1 Å². The Hall–Kier alpha value is -3.21. The third-order valence-electron chi connectivity index (χ3n) is 6.36. The van der Waals surface area contributed by atoms with Gasteiger partial charge in [0.25, 0.3) is 0 Å². The summed E-state index contributed by atoms with van der Waals surface area (Å²) in [6, 6.07) is 12.2. The van der Waals surface area contributed by atoms with E-state index in [0.717, 1.165) is 17.5 Å². The van der Waals surface area contributed by atoms with Crippen molar-refractivity contribution in [1.82, 2.24) is 0 Å². The fourth-order valence-corrected chi connectivity index (χ4v) is 4.90. The smallest absolute Gasteiger partial charge is 0.343 e. The molecule has 5 nitrogen and oxygen atoms in total. The maximum Gasteiger partial charge on any atom is 0.343 e. The summed E-state index contributed by atoms with van der Waals surface area (Å²) in [4.78, 5) is 40.0. The zero-order chi connectivity index (χ0) is 20.3. The first-order valence-electron chi connectivity index (χ1n) is 9.89. The van der Waals surface area contributed by atoms with Crippen LogP contribution in [0.3, 0.4) is 0 Å². The molecule has 1 saturated heterocycles. The Bertz CT molecular complexity index is 1060. The maximum atomic E-state index is 13.0. The van der Waals surface area contributed by atoms with Crippen molar-refractivity contribution in [1.29, 1.82) is 0 Å². The van der Waals surface area contributed by atoms with E-state index in [2.05, 4.69) is 12.2 Å². The standard InChI is InChI=1S/C24H21NO4/c1-13-6-7-14(2)19(10-13)29-24(28)17-4-3-5-18(12-17)25-22(26)20-15-8-9-16(11-15)21(20)23(25)27/h3-10,12,15-16,20-21H,11H2,1-2H3/t15-,16-,20-,21-/m0/s1. The van der Waals surface area contributed by atoms with E-state index in [1.165, 1.54) is 4.90 Å². The van der Waals surface area contributed by atoms with E-state index in [1.54, 1.807) is 24.3 Å². The molecule has 5 rings (SSSR count). The van der Waals surface area contributed by atoms with Crippen molar-refractivity contribution in [3.63, 3.8) is 0 Å². The normalized spacial score (nSPS) is 26.9. The molecular formula is C24H21NO4. The van der Waals surface area contributed by atoms with Gasteiger partial charge in [-0.05, 0) is 67.5 Å². The molecule has 1 aliphatic heterocycles. The van der Waals surface area contributed by atoms with Gasteiger partial charge in [0.2, 0.25) is 11.8 Å². The number of nitrogens with zero attached hydrogens (tertiary/aromatic N) is 1. The summed E-state index contributed by atoms with van der Waals surface area (Å²) in [5.74, 6) is -0.528. The topological polar surface area (TPSA) is 63.7 Å². The van der Waals surface area contributed by atoms with E-state index >= 15 is 0 Å². The summed E-state index contributed by atoms with van der Waals surface area (Å²) in [6.07, 6.45) is 5.03. The average molecular weight is 387 g/mol. The second kappa shape index (κ2) is 6.41. The molecule has 0 unspecified atom stereocenters. The van der Waals surface area contributed by atoms with Gasteiger partial charge >= 0.3 is 5.97 Å². The van der Waals surface area contributed by atoms with Crippen molar-refractivity contribution in [2.24, 2.45) is 23.7 Å². The van der Waals surface area contributed by atoms with Gasteiger partial charge in [0.15, 0.2) is 0 Å². The highest BCUT2D eigenvalue weighted by Gasteiger charge is 2.59. The van der Waals surface area contributed by atoms with Gasteiger partial charge < -0.3 is 4.74 Å². The lowest BCUT2D eigenvalue weighted by Crippen LogP contribution is -2.33. The van der Waals surface area contributed by atoms with Crippen molar-refractivity contribution in [2.45, 2.75) is 20.3 Å². The highest BCUT2D eigenvalue weighted by atomic mass is 16.5. The molecule has 0 N–H and O–H groups in total. The average Bonchev–Trinajstić information content (AvgIpc) is 3.38. The van der Waals surface area contributed by atoms with E-state index < -0.39 is 5.97 Å². The molecule has 5 heteroatoms. The van der Waals surface area contributed by atoms with E-state index in [-0.39, 0.29) is 35.5 Å². The number of fused-ring (bicyclic) bond motifs is 5. The summed E-state index contributed by atoms with van der Waals surface area (Å²) in [7, 11) is 0. The van der Waals surface area contributed by atoms with Crippen molar-refractivity contribution in [3.8, 4) is 5.75 Å². The zero-order valence-corrected chi connectivity index (χ0v) is 16.3. The van der Waals surface area contributed by atoms with Crippen molar-refractivity contribution in [2.75, 3.05) is 4.90 Å². The molecule has 146 valence electrons. The first kappa shape index (κ1) is 17.9. The Kier molecular flexibility index (Phi) is 3.95. The summed E-state index contributed by atoms with van der Waals surface area (Å²) in [5.41, 5.74) is 2.60. The number of amides is 2. The fraction of sp³-hybridized carbons (Fsp3) is 0.292. The van der Waals surface area contributed by atoms with Gasteiger partial charge in [-0.25, -0.2) is 9.69 Å². The van der Waals surface area contributed by atoms with Gasteiger partial charge in [-0.3, -0.25) is 9.59 Å². The summed E-state index contributed by atoms with van der Waals surface area (Å²) >= 11 is 0. The third-order valence-corrected chi connectivity index (χ3v) is 6.36. The number of hydrogen-bond donors (Lipinski definition) is 0. The number of rotatable bonds is 3. The highest BCUT2D eigenvalue weighted by molar-refractivity contribution is 6.23. The van der Waals surface area contributed by atoms with E-state index in [4.69, 9.17) is 4.74 Å². The third kappa shape index (κ3) is 2.72. The molecule has 2 bridgehead atoms. The van der Waals surface area contributed by atoms with Crippen molar-refractivity contribution in [3.05, 3.63) is 71.3 Å². The number of imide groups is 1. The lowest BCUT2D eigenvalue weighted by Gasteiger charge is -2.18. The number of carbonyl (C=O) groups excluding carboxylic acids is 3. The summed E-state index contributed by atoms with van der Waals surface area (Å²) < 4.78 is 5.56. The molecule has 2 aromatic rings. The van der Waals surface area contributed by atoms with Gasteiger partial charge in [-0.2, -0.15) is 0 Å². The maximum absolute atomic E-state index is 13.0. The first-order valence-corrected chi connectivity index (χ1v) is 9.89. The number of aryl methyl sites for hydroxylation is 2. The first-order chi connectivity index (χ1) is 13.9. The Labute approximate surface area is 169 Å². The lowest BCUT2D eigenvalue weighted by molar-refractivity contribution is -0.123. The number of hydrogen-bond acceptors (Lipinski definition) is 4. The lowest BCUT2D eigenvalue weighted by atomic mass is 9.85. The Morgan fingerprint density at radius 3 is 2.34 bits per heavy atom. The van der Waals surface area contributed by atoms with Gasteiger partial charge in [0.1, 0.15) is 5.75 Å². The Morgan fingerprint density at radius 2 is 1.66 bits per heavy atom. The number of benzene rings is 2. The van der Waals surface area contributed by atoms with E-state index in [9.17, 15) is 14.4 Å². The number of allylic oxidation sites excluding steroid dienone is 2. The van der Waals surface area contributed by atoms with Gasteiger partial charge in [0, 0.05) is 0 Å². The van der Waals surface area contributed by atoms with Crippen LogP contribution >= 0.6 is 0 Å². The molecule has 3 aliphatic rings. The number of esters is 1. The van der Waals surface area contributed by atoms with E-state index in [1.807, 2.05) is 32.0 Å². The van der Waals surface area contributed by atoms with Crippen LogP contribution in [0.2, 0.25) is 0 Å². The number of ether oxygens (including phenoxy) is 1. The van der Waals surface area contributed by atoms with Crippen LogP contribution in [-0.2, 0) is 9.59 Å². The van der Waals surface area contributed by atoms with Gasteiger partial charge in [-0.15, -0.1) is 0 Å². The van der Waals surface area contributed by atoms with Crippen LogP contribution in [0, 0.1) is 37.5 Å². The minimum absolute atomic E-state index is 0.156. The molecular weight excluding hydrogens is 366 g/mol. The van der Waals surface area contributed by atoms with Crippen LogP contribution in [0.4, 0.5) is 5.69 Å².